The van der Waals surface area contributed by atoms with E-state index in [4.69, 9.17) is 9.52 Å². The lowest BCUT2D eigenvalue weighted by Crippen LogP contribution is -2.37. The molecule has 0 saturated carbocycles. The minimum absolute atomic E-state index is 0.0592. The number of rotatable bonds is 8. The summed E-state index contributed by atoms with van der Waals surface area (Å²) >= 11 is 0. The number of aliphatic hydroxyl groups is 1. The van der Waals surface area contributed by atoms with Gasteiger partial charge in [0.1, 0.15) is 11.5 Å². The van der Waals surface area contributed by atoms with E-state index in [0.29, 0.717) is 12.2 Å². The van der Waals surface area contributed by atoms with Gasteiger partial charge in [0.2, 0.25) is 5.91 Å². The van der Waals surface area contributed by atoms with Crippen LogP contribution in [-0.2, 0) is 16.0 Å². The maximum Gasteiger partial charge on any atom is 0.303 e. The van der Waals surface area contributed by atoms with E-state index in [1.807, 2.05) is 0 Å². The molecule has 6 nitrogen and oxygen atoms in total. The molecule has 1 unspecified atom stereocenters. The van der Waals surface area contributed by atoms with E-state index in [1.54, 1.807) is 12.1 Å². The number of hydrogen-bond acceptors (Lipinski definition) is 4. The quantitative estimate of drug-likeness (QED) is 0.622. The SMILES string of the molecule is C=C(O)C(Cc1ccco1)NC(=O)CCCC(=O)O. The first kappa shape index (κ1) is 14.8. The van der Waals surface area contributed by atoms with E-state index in [9.17, 15) is 14.7 Å². The maximum atomic E-state index is 11.6. The molecule has 0 aliphatic heterocycles. The summed E-state index contributed by atoms with van der Waals surface area (Å²) in [6.07, 6.45) is 2.09. The van der Waals surface area contributed by atoms with Gasteiger partial charge in [0, 0.05) is 19.3 Å². The largest absolute Gasteiger partial charge is 0.511 e. The van der Waals surface area contributed by atoms with Crippen LogP contribution in [0.1, 0.15) is 25.0 Å². The fourth-order valence-electron chi connectivity index (χ4n) is 1.55. The summed E-state index contributed by atoms with van der Waals surface area (Å²) in [7, 11) is 0. The molecule has 1 aromatic rings. The normalized spacial score (nSPS) is 11.8. The lowest BCUT2D eigenvalue weighted by molar-refractivity contribution is -0.137. The van der Waals surface area contributed by atoms with Gasteiger partial charge < -0.3 is 19.9 Å². The monoisotopic (exact) mass is 267 g/mol. The van der Waals surface area contributed by atoms with Crippen molar-refractivity contribution in [3.63, 3.8) is 0 Å². The first-order valence-electron chi connectivity index (χ1n) is 5.90. The first-order chi connectivity index (χ1) is 8.99. The summed E-state index contributed by atoms with van der Waals surface area (Å²) in [6.45, 7) is 3.40. The number of furan rings is 1. The van der Waals surface area contributed by atoms with Gasteiger partial charge in [-0.2, -0.15) is 0 Å². The molecule has 19 heavy (non-hydrogen) atoms. The van der Waals surface area contributed by atoms with Crippen LogP contribution in [0, 0.1) is 0 Å². The Balaban J connectivity index is 2.42. The lowest BCUT2D eigenvalue weighted by Gasteiger charge is -2.16. The van der Waals surface area contributed by atoms with Crippen molar-refractivity contribution in [1.82, 2.24) is 5.32 Å². The molecule has 0 aromatic carbocycles. The minimum atomic E-state index is -0.938. The van der Waals surface area contributed by atoms with Gasteiger partial charge in [0.05, 0.1) is 12.3 Å². The number of carboxylic acids is 1. The van der Waals surface area contributed by atoms with E-state index in [-0.39, 0.29) is 30.9 Å². The second-order valence-corrected chi connectivity index (χ2v) is 4.14. The zero-order valence-corrected chi connectivity index (χ0v) is 10.5. The number of amides is 1. The van der Waals surface area contributed by atoms with Crippen LogP contribution in [0.5, 0.6) is 0 Å². The molecule has 0 aliphatic carbocycles. The third kappa shape index (κ3) is 5.76. The molecule has 0 spiro atoms. The van der Waals surface area contributed by atoms with Crippen LogP contribution >= 0.6 is 0 Å². The van der Waals surface area contributed by atoms with Crippen LogP contribution < -0.4 is 5.32 Å². The Morgan fingerprint density at radius 2 is 2.11 bits per heavy atom. The van der Waals surface area contributed by atoms with Gasteiger partial charge in [-0.25, -0.2) is 0 Å². The number of nitrogens with one attached hydrogen (secondary N) is 1. The van der Waals surface area contributed by atoms with Crippen molar-refractivity contribution in [3.05, 3.63) is 36.5 Å². The topological polar surface area (TPSA) is 99.8 Å². The predicted octanol–water partition coefficient (Wildman–Crippen LogP) is 1.63. The van der Waals surface area contributed by atoms with Crippen LogP contribution in [0.15, 0.2) is 35.2 Å². The number of carbonyl (C=O) groups excluding carboxylic acids is 1. The standard InChI is InChI=1S/C13H17NO5/c1-9(15)11(8-10-4-3-7-19-10)14-12(16)5-2-6-13(17)18/h3-4,7,11,15H,1-2,5-6,8H2,(H,14,16)(H,17,18). The Morgan fingerprint density at radius 3 is 2.63 bits per heavy atom. The Kier molecular flexibility index (Phi) is 5.66. The predicted molar refractivity (Wildman–Crippen MR) is 67.6 cm³/mol. The number of carboxylic acid groups (broad SMARTS) is 1. The first-order valence-corrected chi connectivity index (χ1v) is 5.90. The fraction of sp³-hybridized carbons (Fsp3) is 0.385. The third-order valence-electron chi connectivity index (χ3n) is 2.52. The van der Waals surface area contributed by atoms with Gasteiger partial charge in [-0.15, -0.1) is 0 Å². The molecule has 0 radical (unpaired) electrons. The average Bonchev–Trinajstić information content (AvgIpc) is 2.80. The molecule has 0 bridgehead atoms. The highest BCUT2D eigenvalue weighted by molar-refractivity contribution is 5.77. The molecular weight excluding hydrogens is 250 g/mol. The zero-order chi connectivity index (χ0) is 14.3. The van der Waals surface area contributed by atoms with Crippen molar-refractivity contribution >= 4 is 11.9 Å². The Hall–Kier alpha value is -2.24. The third-order valence-corrected chi connectivity index (χ3v) is 2.52. The summed E-state index contributed by atoms with van der Waals surface area (Å²) in [5.74, 6) is -0.812. The van der Waals surface area contributed by atoms with Crippen molar-refractivity contribution in [2.75, 3.05) is 0 Å². The van der Waals surface area contributed by atoms with Crippen molar-refractivity contribution in [1.29, 1.82) is 0 Å². The van der Waals surface area contributed by atoms with Crippen molar-refractivity contribution < 1.29 is 24.2 Å². The molecule has 1 amide bonds. The van der Waals surface area contributed by atoms with Gasteiger partial charge >= 0.3 is 5.97 Å². The average molecular weight is 267 g/mol. The number of aliphatic carboxylic acids is 1. The molecule has 1 atom stereocenters. The summed E-state index contributed by atoms with van der Waals surface area (Å²) in [4.78, 5) is 21.9. The van der Waals surface area contributed by atoms with Crippen LogP contribution in [0.3, 0.4) is 0 Å². The van der Waals surface area contributed by atoms with Crippen LogP contribution in [0.4, 0.5) is 0 Å². The Morgan fingerprint density at radius 1 is 1.37 bits per heavy atom. The van der Waals surface area contributed by atoms with E-state index in [0.717, 1.165) is 0 Å². The minimum Gasteiger partial charge on any atom is -0.511 e. The molecule has 1 rings (SSSR count). The van der Waals surface area contributed by atoms with Crippen molar-refractivity contribution in [3.8, 4) is 0 Å². The van der Waals surface area contributed by atoms with Crippen LogP contribution in [0.2, 0.25) is 0 Å². The molecule has 104 valence electrons. The van der Waals surface area contributed by atoms with E-state index in [2.05, 4.69) is 11.9 Å². The second-order valence-electron chi connectivity index (χ2n) is 4.14. The maximum absolute atomic E-state index is 11.6. The highest BCUT2D eigenvalue weighted by Gasteiger charge is 2.17. The fourth-order valence-corrected chi connectivity index (χ4v) is 1.55. The summed E-state index contributed by atoms with van der Waals surface area (Å²) in [5.41, 5.74) is 0. The molecular formula is C13H17NO5. The van der Waals surface area contributed by atoms with E-state index in [1.165, 1.54) is 6.26 Å². The van der Waals surface area contributed by atoms with E-state index < -0.39 is 12.0 Å². The van der Waals surface area contributed by atoms with Gasteiger partial charge in [-0.05, 0) is 18.6 Å². The lowest BCUT2D eigenvalue weighted by atomic mass is 10.1. The number of aliphatic hydroxyl groups excluding tert-OH is 1. The van der Waals surface area contributed by atoms with Crippen molar-refractivity contribution in [2.45, 2.75) is 31.7 Å². The molecule has 0 saturated heterocycles. The highest BCUT2D eigenvalue weighted by atomic mass is 16.4. The van der Waals surface area contributed by atoms with Gasteiger partial charge in [0.15, 0.2) is 0 Å². The summed E-state index contributed by atoms with van der Waals surface area (Å²) in [5, 5.41) is 20.5. The Labute approximate surface area is 110 Å². The molecule has 1 aromatic heterocycles. The van der Waals surface area contributed by atoms with Gasteiger partial charge in [0.25, 0.3) is 0 Å². The van der Waals surface area contributed by atoms with Crippen LogP contribution in [-0.4, -0.2) is 28.1 Å². The number of carbonyl (C=O) groups is 2. The molecule has 0 aliphatic rings. The highest BCUT2D eigenvalue weighted by Crippen LogP contribution is 2.09. The molecule has 3 N–H and O–H groups in total. The number of hydrogen-bond donors (Lipinski definition) is 3. The van der Waals surface area contributed by atoms with E-state index >= 15 is 0 Å². The summed E-state index contributed by atoms with van der Waals surface area (Å²) < 4.78 is 5.13. The Bertz CT molecular complexity index is 438. The summed E-state index contributed by atoms with van der Waals surface area (Å²) in [6, 6.07) is 2.80. The smallest absolute Gasteiger partial charge is 0.303 e. The van der Waals surface area contributed by atoms with Crippen molar-refractivity contribution in [2.24, 2.45) is 0 Å². The molecule has 0 fully saturated rings. The van der Waals surface area contributed by atoms with Gasteiger partial charge in [-0.3, -0.25) is 9.59 Å². The van der Waals surface area contributed by atoms with Gasteiger partial charge in [-0.1, -0.05) is 6.58 Å². The molecule has 1 heterocycles. The second kappa shape index (κ2) is 7.25. The zero-order valence-electron chi connectivity index (χ0n) is 10.5. The van der Waals surface area contributed by atoms with Crippen LogP contribution in [0.25, 0.3) is 0 Å². The molecule has 6 heteroatoms.